The van der Waals surface area contributed by atoms with Crippen molar-refractivity contribution in [3.05, 3.63) is 18.5 Å². The maximum atomic E-state index is 4.90. The fraction of sp³-hybridized carbons (Fsp3) is 0.667. The molecule has 0 aliphatic rings. The quantitative estimate of drug-likeness (QED) is 0.570. The fourth-order valence-electron chi connectivity index (χ4n) is 0.460. The molecular weight excluding hydrogens is 138 g/mol. The van der Waals surface area contributed by atoms with Crippen LogP contribution in [0.15, 0.2) is 23.0 Å². The smallest absolute Gasteiger partial charge is 0.219 e. The van der Waals surface area contributed by atoms with Gasteiger partial charge in [0.2, 0.25) is 6.20 Å². The first kappa shape index (κ1) is 10.2. The van der Waals surface area contributed by atoms with Crippen molar-refractivity contribution in [1.82, 2.24) is 0 Å². The summed E-state index contributed by atoms with van der Waals surface area (Å²) in [5.41, 5.74) is 0. The molecule has 0 amide bonds. The van der Waals surface area contributed by atoms with E-state index < -0.39 is 0 Å². The Hall–Kier alpha value is -0.790. The van der Waals surface area contributed by atoms with Crippen LogP contribution in [0.25, 0.3) is 0 Å². The van der Waals surface area contributed by atoms with Gasteiger partial charge in [-0.25, -0.2) is 4.52 Å². The number of aryl methyl sites for hydroxylation is 1. The minimum absolute atomic E-state index is 0.833. The molecule has 2 heteroatoms. The third-order valence-corrected chi connectivity index (χ3v) is 0.839. The molecule has 0 unspecified atom stereocenters. The first-order valence-electron chi connectivity index (χ1n) is 4.10. The molecule has 0 saturated heterocycles. The summed E-state index contributed by atoms with van der Waals surface area (Å²) >= 11 is 0. The predicted molar refractivity (Wildman–Crippen MR) is 45.1 cm³/mol. The maximum Gasteiger partial charge on any atom is 0.219 e. The Labute approximate surface area is 68.8 Å². The van der Waals surface area contributed by atoms with Gasteiger partial charge in [0.05, 0.1) is 0 Å². The van der Waals surface area contributed by atoms with E-state index in [9.17, 15) is 0 Å². The van der Waals surface area contributed by atoms with Gasteiger partial charge < -0.3 is 0 Å². The molecule has 0 spiro atoms. The molecule has 0 fully saturated rings. The lowest BCUT2D eigenvalue weighted by Crippen LogP contribution is -2.27. The molecule has 1 rings (SSSR count). The zero-order valence-electron chi connectivity index (χ0n) is 7.87. The van der Waals surface area contributed by atoms with E-state index in [0.717, 1.165) is 12.5 Å². The van der Waals surface area contributed by atoms with E-state index in [1.807, 2.05) is 19.2 Å². The molecule has 1 heterocycles. The topological polar surface area (TPSA) is 17.0 Å². The number of aromatic nitrogens is 1. The van der Waals surface area contributed by atoms with Gasteiger partial charge in [0.25, 0.3) is 0 Å². The van der Waals surface area contributed by atoms with Crippen molar-refractivity contribution >= 4 is 0 Å². The van der Waals surface area contributed by atoms with Crippen molar-refractivity contribution < 1.29 is 9.26 Å². The van der Waals surface area contributed by atoms with Crippen LogP contribution < -0.4 is 4.74 Å². The summed E-state index contributed by atoms with van der Waals surface area (Å²) in [5, 5.41) is 0. The van der Waals surface area contributed by atoms with Gasteiger partial charge in [-0.15, -0.1) is 0 Å². The van der Waals surface area contributed by atoms with Gasteiger partial charge in [-0.05, 0) is 17.6 Å². The van der Waals surface area contributed by atoms with E-state index in [2.05, 4.69) is 20.8 Å². The molecule has 0 atom stereocenters. The highest BCUT2D eigenvalue weighted by molar-refractivity contribution is 4.62. The Morgan fingerprint density at radius 1 is 1.36 bits per heavy atom. The van der Waals surface area contributed by atoms with E-state index in [0.29, 0.717) is 0 Å². The van der Waals surface area contributed by atoms with Crippen LogP contribution in [-0.4, -0.2) is 0 Å². The average molecular weight is 156 g/mol. The van der Waals surface area contributed by atoms with Gasteiger partial charge >= 0.3 is 0 Å². The zero-order chi connectivity index (χ0) is 8.69. The summed E-state index contributed by atoms with van der Waals surface area (Å²) in [4.78, 5) is 0. The fourth-order valence-corrected chi connectivity index (χ4v) is 0.460. The zero-order valence-corrected chi connectivity index (χ0v) is 7.87. The Morgan fingerprint density at radius 3 is 2.09 bits per heavy atom. The molecular formula is C9H18NO+. The second-order valence-electron chi connectivity index (χ2n) is 3.05. The van der Waals surface area contributed by atoms with E-state index >= 15 is 0 Å². The van der Waals surface area contributed by atoms with Crippen molar-refractivity contribution in [1.29, 1.82) is 0 Å². The molecule has 0 N–H and O–H groups in total. The van der Waals surface area contributed by atoms with Crippen LogP contribution >= 0.6 is 0 Å². The predicted octanol–water partition coefficient (Wildman–Crippen LogP) is 2.25. The molecule has 0 aliphatic heterocycles. The summed E-state index contributed by atoms with van der Waals surface area (Å²) in [5.74, 6) is 0.833. The van der Waals surface area contributed by atoms with Crippen LogP contribution in [0.5, 0.6) is 0 Å². The first-order valence-corrected chi connectivity index (χ1v) is 4.10. The molecule has 0 radical (unpaired) electrons. The van der Waals surface area contributed by atoms with Gasteiger partial charge in [-0.2, -0.15) is 0 Å². The van der Waals surface area contributed by atoms with Gasteiger partial charge in [0.1, 0.15) is 0 Å². The summed E-state index contributed by atoms with van der Waals surface area (Å²) in [7, 11) is 0. The van der Waals surface area contributed by atoms with E-state index in [1.54, 1.807) is 11.0 Å². The number of hydrogen-bond acceptors (Lipinski definition) is 1. The van der Waals surface area contributed by atoms with E-state index in [-0.39, 0.29) is 0 Å². The van der Waals surface area contributed by atoms with Crippen molar-refractivity contribution in [2.45, 2.75) is 34.2 Å². The van der Waals surface area contributed by atoms with Gasteiger partial charge in [-0.3, -0.25) is 0 Å². The van der Waals surface area contributed by atoms with Gasteiger partial charge in [-0.1, -0.05) is 20.8 Å². The number of nitrogens with zero attached hydrogens (tertiary/aromatic N) is 1. The second kappa shape index (κ2) is 5.96. The summed E-state index contributed by atoms with van der Waals surface area (Å²) in [6.45, 7) is 9.44. The summed E-state index contributed by atoms with van der Waals surface area (Å²) in [6, 6.07) is 1.86. The molecule has 0 aliphatic carbocycles. The van der Waals surface area contributed by atoms with Crippen LogP contribution in [0.1, 0.15) is 27.7 Å². The highest BCUT2D eigenvalue weighted by Gasteiger charge is 1.91. The third kappa shape index (κ3) is 7.10. The van der Waals surface area contributed by atoms with Crippen LogP contribution in [0.3, 0.4) is 0 Å². The molecule has 64 valence electrons. The van der Waals surface area contributed by atoms with Gasteiger partial charge in [0.15, 0.2) is 12.8 Å². The lowest BCUT2D eigenvalue weighted by molar-refractivity contribution is -0.861. The van der Waals surface area contributed by atoms with Crippen LogP contribution in [0.2, 0.25) is 0 Å². The number of rotatable bonds is 1. The van der Waals surface area contributed by atoms with E-state index in [1.165, 1.54) is 0 Å². The summed E-state index contributed by atoms with van der Waals surface area (Å²) < 4.78 is 6.65. The average Bonchev–Trinajstić information content (AvgIpc) is 2.36. The van der Waals surface area contributed by atoms with Crippen molar-refractivity contribution in [2.75, 3.05) is 0 Å². The molecule has 1 aromatic heterocycles. The Kier molecular flexibility index (Phi) is 5.53. The molecule has 2 nitrogen and oxygen atoms in total. The van der Waals surface area contributed by atoms with Crippen molar-refractivity contribution in [3.8, 4) is 0 Å². The monoisotopic (exact) mass is 156 g/mol. The minimum atomic E-state index is 0.833. The lowest BCUT2D eigenvalue weighted by Gasteiger charge is -1.79. The van der Waals surface area contributed by atoms with Crippen LogP contribution in [-0.2, 0) is 6.54 Å². The Bertz CT molecular complexity index is 153. The molecule has 0 aromatic carbocycles. The Morgan fingerprint density at radius 2 is 1.91 bits per heavy atom. The van der Waals surface area contributed by atoms with Crippen LogP contribution in [0, 0.1) is 5.92 Å². The van der Waals surface area contributed by atoms with Crippen molar-refractivity contribution in [3.63, 3.8) is 0 Å². The van der Waals surface area contributed by atoms with Gasteiger partial charge in [0, 0.05) is 6.07 Å². The summed E-state index contributed by atoms with van der Waals surface area (Å²) in [6.07, 6.45) is 3.55. The molecule has 11 heavy (non-hydrogen) atoms. The van der Waals surface area contributed by atoms with E-state index in [4.69, 9.17) is 4.52 Å². The highest BCUT2D eigenvalue weighted by Crippen LogP contribution is 1.81. The lowest BCUT2D eigenvalue weighted by atomic mass is 10.3. The minimum Gasteiger partial charge on any atom is -0.245 e. The third-order valence-electron chi connectivity index (χ3n) is 0.839. The first-order chi connectivity index (χ1) is 5.16. The standard InChI is InChI=1S/C5H8NO.C4H10/c1-2-6-4-3-5-7-6;1-4(2)3/h3-5H,2H2,1H3;4H,1-3H3/q+1;. The molecule has 0 bridgehead atoms. The SMILES string of the molecule is CC(C)C.CC[n+]1ccco1. The molecule has 1 aromatic rings. The van der Waals surface area contributed by atoms with Crippen molar-refractivity contribution in [2.24, 2.45) is 5.92 Å². The normalized spacial score (nSPS) is 9.18. The Balaban J connectivity index is 0.000000218. The molecule has 0 saturated carbocycles. The second-order valence-corrected chi connectivity index (χ2v) is 3.05. The number of hydrogen-bond donors (Lipinski definition) is 0. The largest absolute Gasteiger partial charge is 0.245 e. The van der Waals surface area contributed by atoms with Crippen LogP contribution in [0.4, 0.5) is 0 Å². The highest BCUT2D eigenvalue weighted by atomic mass is 16.5. The maximum absolute atomic E-state index is 4.90.